The van der Waals surface area contributed by atoms with Crippen molar-refractivity contribution in [2.75, 3.05) is 14.2 Å². The molecule has 3 aromatic rings. The lowest BCUT2D eigenvalue weighted by atomic mass is 10.1. The number of hydrogen-bond acceptors (Lipinski definition) is 6. The lowest BCUT2D eigenvalue weighted by molar-refractivity contribution is -0.137. The first-order valence-corrected chi connectivity index (χ1v) is 10.2. The van der Waals surface area contributed by atoms with Crippen molar-refractivity contribution in [3.8, 4) is 22.1 Å². The molecule has 0 saturated carbocycles. The van der Waals surface area contributed by atoms with Crippen LogP contribution in [0.25, 0.3) is 16.6 Å². The van der Waals surface area contributed by atoms with Crippen LogP contribution >= 0.6 is 11.3 Å². The van der Waals surface area contributed by atoms with Crippen molar-refractivity contribution in [3.63, 3.8) is 0 Å². The van der Waals surface area contributed by atoms with Gasteiger partial charge in [0, 0.05) is 11.6 Å². The minimum Gasteiger partial charge on any atom is -0.493 e. The number of halogens is 3. The Kier molecular flexibility index (Phi) is 7.19. The molecule has 0 aliphatic carbocycles. The molecule has 0 atom stereocenters. The number of alkyl halides is 3. The number of thiazole rings is 1. The number of aromatic nitrogens is 1. The average Bonchev–Trinajstić information content (AvgIpc) is 3.16. The van der Waals surface area contributed by atoms with Gasteiger partial charge in [0.25, 0.3) is 0 Å². The summed E-state index contributed by atoms with van der Waals surface area (Å²) in [4.78, 5) is 16.4. The Hall–Kier alpha value is -3.33. The number of methoxy groups -OCH3 is 2. The van der Waals surface area contributed by atoms with E-state index in [1.165, 1.54) is 37.7 Å². The van der Waals surface area contributed by atoms with Crippen molar-refractivity contribution in [3.05, 3.63) is 70.2 Å². The predicted molar refractivity (Wildman–Crippen MR) is 116 cm³/mol. The number of aryl methyl sites for hydroxylation is 1. The molecule has 0 amide bonds. The summed E-state index contributed by atoms with van der Waals surface area (Å²) in [5.74, 6) is 0.481. The lowest BCUT2D eigenvalue weighted by Gasteiger charge is -2.11. The van der Waals surface area contributed by atoms with Gasteiger partial charge in [-0.1, -0.05) is 18.2 Å². The van der Waals surface area contributed by atoms with Gasteiger partial charge in [0.15, 0.2) is 11.5 Å². The Labute approximate surface area is 187 Å². The molecule has 0 spiro atoms. The number of rotatable bonds is 7. The fourth-order valence-corrected chi connectivity index (χ4v) is 3.77. The molecule has 1 aromatic heterocycles. The Morgan fingerprint density at radius 2 is 1.91 bits per heavy atom. The second kappa shape index (κ2) is 9.86. The highest BCUT2D eigenvalue weighted by Crippen LogP contribution is 2.35. The van der Waals surface area contributed by atoms with E-state index in [0.717, 1.165) is 22.6 Å². The summed E-state index contributed by atoms with van der Waals surface area (Å²) in [7, 11) is 2.80. The first kappa shape index (κ1) is 23.3. The Bertz CT molecular complexity index is 1140. The van der Waals surface area contributed by atoms with E-state index in [0.29, 0.717) is 27.8 Å². The second-order valence-corrected chi connectivity index (χ2v) is 7.75. The van der Waals surface area contributed by atoms with Crippen LogP contribution in [0.5, 0.6) is 11.5 Å². The predicted octanol–water partition coefficient (Wildman–Crippen LogP) is 5.91. The van der Waals surface area contributed by atoms with E-state index in [1.807, 2.05) is 0 Å². The highest BCUT2D eigenvalue weighted by molar-refractivity contribution is 7.15. The first-order valence-electron chi connectivity index (χ1n) is 9.42. The van der Waals surface area contributed by atoms with E-state index in [1.54, 1.807) is 37.3 Å². The van der Waals surface area contributed by atoms with E-state index >= 15 is 0 Å². The van der Waals surface area contributed by atoms with E-state index in [2.05, 4.69) is 9.72 Å². The van der Waals surface area contributed by atoms with Crippen LogP contribution in [0.1, 0.15) is 21.7 Å². The third-order valence-electron chi connectivity index (χ3n) is 4.49. The van der Waals surface area contributed by atoms with Gasteiger partial charge in [0.2, 0.25) is 0 Å². The molecular weight excluding hydrogens is 443 g/mol. The molecule has 0 aliphatic heterocycles. The molecule has 0 saturated heterocycles. The summed E-state index contributed by atoms with van der Waals surface area (Å²) in [6, 6.07) is 10.3. The van der Waals surface area contributed by atoms with Crippen molar-refractivity contribution < 1.29 is 32.2 Å². The first-order chi connectivity index (χ1) is 15.2. The van der Waals surface area contributed by atoms with Gasteiger partial charge in [0.05, 0.1) is 30.4 Å². The minimum atomic E-state index is -4.41. The van der Waals surface area contributed by atoms with Crippen LogP contribution in [0.2, 0.25) is 0 Å². The monoisotopic (exact) mass is 463 g/mol. The molecule has 168 valence electrons. The van der Waals surface area contributed by atoms with Crippen molar-refractivity contribution in [1.29, 1.82) is 0 Å². The Balaban J connectivity index is 1.76. The van der Waals surface area contributed by atoms with Crippen molar-refractivity contribution >= 4 is 23.4 Å². The topological polar surface area (TPSA) is 57.7 Å². The van der Waals surface area contributed by atoms with Crippen LogP contribution in [-0.4, -0.2) is 25.2 Å². The van der Waals surface area contributed by atoms with Crippen molar-refractivity contribution in [2.24, 2.45) is 0 Å². The molecule has 9 heteroatoms. The molecule has 2 aromatic carbocycles. The summed E-state index contributed by atoms with van der Waals surface area (Å²) >= 11 is 1.27. The van der Waals surface area contributed by atoms with E-state index < -0.39 is 17.7 Å². The summed E-state index contributed by atoms with van der Waals surface area (Å²) in [5.41, 5.74) is 1.09. The molecular formula is C23H20F3NO4S. The number of esters is 1. The van der Waals surface area contributed by atoms with Crippen molar-refractivity contribution in [1.82, 2.24) is 4.98 Å². The summed E-state index contributed by atoms with van der Waals surface area (Å²) in [6.07, 6.45) is -1.53. The zero-order valence-electron chi connectivity index (χ0n) is 17.5. The SMILES string of the molecule is COC(=O)C=Cc1ccc(OCc2sc(-c3cccc(C(F)(F)F)c3)nc2C)c(OC)c1. The summed E-state index contributed by atoms with van der Waals surface area (Å²) < 4.78 is 54.8. The number of carbonyl (C=O) groups is 1. The molecule has 32 heavy (non-hydrogen) atoms. The maximum Gasteiger partial charge on any atom is 0.416 e. The molecule has 0 aliphatic rings. The average molecular weight is 463 g/mol. The zero-order chi connectivity index (χ0) is 23.3. The second-order valence-electron chi connectivity index (χ2n) is 6.66. The fraction of sp³-hybridized carbons (Fsp3) is 0.217. The van der Waals surface area contributed by atoms with Crippen LogP contribution < -0.4 is 9.47 Å². The van der Waals surface area contributed by atoms with Crippen molar-refractivity contribution in [2.45, 2.75) is 19.7 Å². The Morgan fingerprint density at radius 3 is 2.59 bits per heavy atom. The zero-order valence-corrected chi connectivity index (χ0v) is 18.3. The smallest absolute Gasteiger partial charge is 0.416 e. The quantitative estimate of drug-likeness (QED) is 0.322. The standard InChI is InChI=1S/C23H20F3NO4S/c1-14-20(32-22(27-14)16-5-4-6-17(12-16)23(24,25)26)13-31-18-9-7-15(11-19(18)29-2)8-10-21(28)30-3/h4-12H,13H2,1-3H3. The minimum absolute atomic E-state index is 0.177. The van der Waals surface area contributed by atoms with Gasteiger partial charge in [-0.3, -0.25) is 0 Å². The lowest BCUT2D eigenvalue weighted by Crippen LogP contribution is -2.04. The molecule has 0 N–H and O–H groups in total. The molecule has 5 nitrogen and oxygen atoms in total. The van der Waals surface area contributed by atoms with E-state index in [4.69, 9.17) is 9.47 Å². The third-order valence-corrected chi connectivity index (χ3v) is 5.67. The van der Waals surface area contributed by atoms with E-state index in [-0.39, 0.29) is 6.61 Å². The molecule has 0 radical (unpaired) electrons. The number of benzene rings is 2. The van der Waals surface area contributed by atoms with Gasteiger partial charge in [-0.05, 0) is 42.8 Å². The highest BCUT2D eigenvalue weighted by atomic mass is 32.1. The van der Waals surface area contributed by atoms with Crippen LogP contribution in [0, 0.1) is 6.92 Å². The van der Waals surface area contributed by atoms with Gasteiger partial charge >= 0.3 is 12.1 Å². The molecule has 0 bridgehead atoms. The van der Waals surface area contributed by atoms with Gasteiger partial charge in [0.1, 0.15) is 11.6 Å². The largest absolute Gasteiger partial charge is 0.493 e. The van der Waals surface area contributed by atoms with Crippen LogP contribution in [0.15, 0.2) is 48.5 Å². The third kappa shape index (κ3) is 5.67. The maximum atomic E-state index is 13.0. The van der Waals surface area contributed by atoms with Crippen LogP contribution in [0.3, 0.4) is 0 Å². The summed E-state index contributed by atoms with van der Waals surface area (Å²) in [6.45, 7) is 1.96. The number of hydrogen-bond donors (Lipinski definition) is 0. The highest BCUT2D eigenvalue weighted by Gasteiger charge is 2.30. The number of ether oxygens (including phenoxy) is 3. The number of carbonyl (C=O) groups excluding carboxylic acids is 1. The molecule has 1 heterocycles. The maximum absolute atomic E-state index is 13.0. The molecule has 3 rings (SSSR count). The van der Waals surface area contributed by atoms with Gasteiger partial charge in [-0.25, -0.2) is 9.78 Å². The summed E-state index contributed by atoms with van der Waals surface area (Å²) in [5, 5.41) is 0.488. The molecule has 0 unspecified atom stereocenters. The normalized spacial score (nSPS) is 11.6. The molecule has 0 fully saturated rings. The van der Waals surface area contributed by atoms with Crippen LogP contribution in [0.4, 0.5) is 13.2 Å². The fourth-order valence-electron chi connectivity index (χ4n) is 2.80. The Morgan fingerprint density at radius 1 is 1.12 bits per heavy atom. The van der Waals surface area contributed by atoms with Gasteiger partial charge < -0.3 is 14.2 Å². The van der Waals surface area contributed by atoms with Gasteiger partial charge in [-0.15, -0.1) is 11.3 Å². The number of nitrogens with zero attached hydrogens (tertiary/aromatic N) is 1. The van der Waals surface area contributed by atoms with E-state index in [9.17, 15) is 18.0 Å². The van der Waals surface area contributed by atoms with Crippen LogP contribution in [-0.2, 0) is 22.3 Å². The van der Waals surface area contributed by atoms with Gasteiger partial charge in [-0.2, -0.15) is 13.2 Å².